The highest BCUT2D eigenvalue weighted by molar-refractivity contribution is 7.11. The lowest BCUT2D eigenvalue weighted by Crippen LogP contribution is -2.17. The number of thiazole rings is 1. The highest BCUT2D eigenvalue weighted by Crippen LogP contribution is 2.24. The summed E-state index contributed by atoms with van der Waals surface area (Å²) in [5, 5.41) is 5.98. The minimum atomic E-state index is 0.334. The van der Waals surface area contributed by atoms with Gasteiger partial charge in [0.15, 0.2) is 0 Å². The molecular formula is C16H19N3S. The second-order valence-electron chi connectivity index (χ2n) is 5.18. The zero-order chi connectivity index (χ0) is 14.1. The van der Waals surface area contributed by atoms with Gasteiger partial charge in [0.1, 0.15) is 0 Å². The van der Waals surface area contributed by atoms with Crippen LogP contribution in [0.2, 0.25) is 0 Å². The lowest BCUT2D eigenvalue weighted by atomic mass is 10.1. The average Bonchev–Trinajstić information content (AvgIpc) is 3.01. The summed E-state index contributed by atoms with van der Waals surface area (Å²) >= 11 is 1.78. The molecule has 20 heavy (non-hydrogen) atoms. The molecule has 3 aromatic rings. The molecule has 0 amide bonds. The molecule has 0 fully saturated rings. The van der Waals surface area contributed by atoms with E-state index in [-0.39, 0.29) is 0 Å². The largest absolute Gasteiger partial charge is 0.361 e. The molecule has 0 radical (unpaired) electrons. The van der Waals surface area contributed by atoms with Gasteiger partial charge in [-0.05, 0) is 43.9 Å². The fraction of sp³-hybridized carbons (Fsp3) is 0.312. The topological polar surface area (TPSA) is 40.7 Å². The van der Waals surface area contributed by atoms with Crippen molar-refractivity contribution in [2.45, 2.75) is 33.4 Å². The second kappa shape index (κ2) is 5.38. The summed E-state index contributed by atoms with van der Waals surface area (Å²) in [6.07, 6.45) is 1.98. The quantitative estimate of drug-likeness (QED) is 0.758. The van der Waals surface area contributed by atoms with Gasteiger partial charge in [-0.1, -0.05) is 12.1 Å². The molecule has 0 aliphatic carbocycles. The Balaban J connectivity index is 1.70. The van der Waals surface area contributed by atoms with E-state index in [0.29, 0.717) is 6.04 Å². The summed E-state index contributed by atoms with van der Waals surface area (Å²) in [4.78, 5) is 9.09. The van der Waals surface area contributed by atoms with Crippen LogP contribution in [-0.4, -0.2) is 9.97 Å². The number of hydrogen-bond donors (Lipinski definition) is 2. The normalized spacial score (nSPS) is 12.9. The molecule has 104 valence electrons. The molecule has 2 aromatic heterocycles. The maximum Gasteiger partial charge on any atom is 0.0900 e. The van der Waals surface area contributed by atoms with Crippen molar-refractivity contribution in [2.75, 3.05) is 0 Å². The van der Waals surface area contributed by atoms with Gasteiger partial charge in [-0.3, -0.25) is 0 Å². The van der Waals surface area contributed by atoms with E-state index in [1.807, 2.05) is 6.20 Å². The molecule has 4 heteroatoms. The van der Waals surface area contributed by atoms with Crippen molar-refractivity contribution in [1.29, 1.82) is 0 Å². The van der Waals surface area contributed by atoms with E-state index in [2.05, 4.69) is 60.3 Å². The van der Waals surface area contributed by atoms with Crippen molar-refractivity contribution in [1.82, 2.24) is 15.3 Å². The monoisotopic (exact) mass is 285 g/mol. The maximum absolute atomic E-state index is 4.49. The van der Waals surface area contributed by atoms with Gasteiger partial charge in [0.2, 0.25) is 0 Å². The Morgan fingerprint density at radius 3 is 2.90 bits per heavy atom. The number of aromatic amines is 1. The Morgan fingerprint density at radius 1 is 1.30 bits per heavy atom. The lowest BCUT2D eigenvalue weighted by Gasteiger charge is -2.13. The average molecular weight is 285 g/mol. The molecule has 0 aliphatic heterocycles. The zero-order valence-corrected chi connectivity index (χ0v) is 12.8. The van der Waals surface area contributed by atoms with E-state index in [0.717, 1.165) is 17.2 Å². The number of hydrogen-bond acceptors (Lipinski definition) is 3. The van der Waals surface area contributed by atoms with Gasteiger partial charge >= 0.3 is 0 Å². The maximum atomic E-state index is 4.49. The van der Waals surface area contributed by atoms with Crippen molar-refractivity contribution < 1.29 is 0 Å². The summed E-state index contributed by atoms with van der Waals surface area (Å²) in [6, 6.07) is 8.98. The Bertz CT molecular complexity index is 726. The second-order valence-corrected chi connectivity index (χ2v) is 6.42. The van der Waals surface area contributed by atoms with Gasteiger partial charge in [-0.15, -0.1) is 11.3 Å². The number of nitrogens with one attached hydrogen (secondary N) is 2. The van der Waals surface area contributed by atoms with Crippen LogP contribution in [0, 0.1) is 13.8 Å². The summed E-state index contributed by atoms with van der Waals surface area (Å²) in [7, 11) is 0. The van der Waals surface area contributed by atoms with Crippen molar-refractivity contribution in [3.8, 4) is 0 Å². The van der Waals surface area contributed by atoms with Crippen LogP contribution >= 0.6 is 11.3 Å². The molecule has 2 heterocycles. The lowest BCUT2D eigenvalue weighted by molar-refractivity contribution is 0.579. The van der Waals surface area contributed by atoms with Crippen molar-refractivity contribution in [2.24, 2.45) is 0 Å². The minimum absolute atomic E-state index is 0.334. The van der Waals surface area contributed by atoms with E-state index in [9.17, 15) is 0 Å². The Kier molecular flexibility index (Phi) is 3.59. The van der Waals surface area contributed by atoms with Crippen LogP contribution < -0.4 is 5.32 Å². The standard InChI is InChI=1S/C16H19N3S/c1-10(16-11(2)19-12(3)20-16)18-9-13-4-5-14-6-7-17-15(14)8-13/h4-8,10,17-18H,9H2,1-3H3. The third kappa shape index (κ3) is 2.62. The summed E-state index contributed by atoms with van der Waals surface area (Å²) in [5.74, 6) is 0. The highest BCUT2D eigenvalue weighted by Gasteiger charge is 2.12. The molecule has 0 aliphatic rings. The molecule has 1 aromatic carbocycles. The summed E-state index contributed by atoms with van der Waals surface area (Å²) in [6.45, 7) is 7.22. The van der Waals surface area contributed by atoms with Crippen LogP contribution in [-0.2, 0) is 6.54 Å². The SMILES string of the molecule is Cc1nc(C)c(C(C)NCc2ccc3cc[nH]c3c2)s1. The first-order chi connectivity index (χ1) is 9.63. The van der Waals surface area contributed by atoms with Gasteiger partial charge in [-0.25, -0.2) is 4.98 Å². The van der Waals surface area contributed by atoms with Gasteiger partial charge in [0.05, 0.1) is 10.7 Å². The van der Waals surface area contributed by atoms with Crippen LogP contribution in [0.1, 0.15) is 34.1 Å². The molecule has 1 unspecified atom stereocenters. The molecule has 0 bridgehead atoms. The molecule has 1 atom stereocenters. The Labute approximate surface area is 123 Å². The molecule has 0 saturated heterocycles. The first-order valence-corrected chi connectivity index (χ1v) is 7.68. The van der Waals surface area contributed by atoms with Gasteiger partial charge in [0, 0.05) is 29.2 Å². The Hall–Kier alpha value is -1.65. The number of aryl methyl sites for hydroxylation is 2. The number of aromatic nitrogens is 2. The van der Waals surface area contributed by atoms with Gasteiger partial charge < -0.3 is 10.3 Å². The van der Waals surface area contributed by atoms with E-state index < -0.39 is 0 Å². The highest BCUT2D eigenvalue weighted by atomic mass is 32.1. The number of nitrogens with zero attached hydrogens (tertiary/aromatic N) is 1. The predicted molar refractivity (Wildman–Crippen MR) is 85.1 cm³/mol. The first kappa shape index (κ1) is 13.3. The van der Waals surface area contributed by atoms with E-state index in [4.69, 9.17) is 0 Å². The molecule has 2 N–H and O–H groups in total. The molecule has 3 rings (SSSR count). The third-order valence-electron chi connectivity index (χ3n) is 3.56. The van der Waals surface area contributed by atoms with E-state index >= 15 is 0 Å². The summed E-state index contributed by atoms with van der Waals surface area (Å²) in [5.41, 5.74) is 3.64. The van der Waals surface area contributed by atoms with Crippen molar-refractivity contribution >= 4 is 22.2 Å². The fourth-order valence-electron chi connectivity index (χ4n) is 2.52. The van der Waals surface area contributed by atoms with Crippen LogP contribution in [0.5, 0.6) is 0 Å². The van der Waals surface area contributed by atoms with Crippen LogP contribution in [0.4, 0.5) is 0 Å². The number of benzene rings is 1. The van der Waals surface area contributed by atoms with Crippen molar-refractivity contribution in [3.63, 3.8) is 0 Å². The molecule has 3 nitrogen and oxygen atoms in total. The molecule has 0 spiro atoms. The van der Waals surface area contributed by atoms with Crippen LogP contribution in [0.25, 0.3) is 10.9 Å². The zero-order valence-electron chi connectivity index (χ0n) is 12.0. The van der Waals surface area contributed by atoms with Gasteiger partial charge in [-0.2, -0.15) is 0 Å². The summed E-state index contributed by atoms with van der Waals surface area (Å²) < 4.78 is 0. The smallest absolute Gasteiger partial charge is 0.0900 e. The third-order valence-corrected chi connectivity index (χ3v) is 4.82. The van der Waals surface area contributed by atoms with Crippen molar-refractivity contribution in [3.05, 3.63) is 51.6 Å². The molecule has 0 saturated carbocycles. The van der Waals surface area contributed by atoms with Gasteiger partial charge in [0.25, 0.3) is 0 Å². The minimum Gasteiger partial charge on any atom is -0.361 e. The number of H-pyrrole nitrogens is 1. The number of rotatable bonds is 4. The van der Waals surface area contributed by atoms with Crippen LogP contribution in [0.3, 0.4) is 0 Å². The van der Waals surface area contributed by atoms with E-state index in [1.54, 1.807) is 11.3 Å². The Morgan fingerprint density at radius 2 is 2.15 bits per heavy atom. The van der Waals surface area contributed by atoms with E-state index in [1.165, 1.54) is 21.3 Å². The molecular weight excluding hydrogens is 266 g/mol. The number of fused-ring (bicyclic) bond motifs is 1. The fourth-order valence-corrected chi connectivity index (χ4v) is 3.47. The van der Waals surface area contributed by atoms with Crippen LogP contribution in [0.15, 0.2) is 30.5 Å². The first-order valence-electron chi connectivity index (χ1n) is 6.87. The predicted octanol–water partition coefficient (Wildman–Crippen LogP) is 4.09.